The Balaban J connectivity index is 1.48. The lowest BCUT2D eigenvalue weighted by molar-refractivity contribution is -0.302. The van der Waals surface area contributed by atoms with E-state index in [-0.39, 0.29) is 49.2 Å². The molecule has 0 spiro atoms. The normalized spacial score (nSPS) is 38.6. The molecule has 62 heavy (non-hydrogen) atoms. The Morgan fingerprint density at radius 1 is 0.903 bits per heavy atom. The molecular formula is C48H71NO13. The molecule has 0 unspecified atom stereocenters. The van der Waals surface area contributed by atoms with Crippen LogP contribution in [0.3, 0.4) is 0 Å². The number of hydrogen-bond donors (Lipinski definition) is 4. The van der Waals surface area contributed by atoms with E-state index in [4.69, 9.17) is 23.7 Å². The van der Waals surface area contributed by atoms with Crippen molar-refractivity contribution in [3.8, 4) is 11.5 Å². The van der Waals surface area contributed by atoms with Gasteiger partial charge in [0.05, 0.1) is 24.4 Å². The highest BCUT2D eigenvalue weighted by atomic mass is 16.7. The van der Waals surface area contributed by atoms with Crippen molar-refractivity contribution < 1.29 is 63.3 Å². The molecule has 4 N–H and O–H groups in total. The fourth-order valence-corrected chi connectivity index (χ4v) is 9.98. The van der Waals surface area contributed by atoms with Crippen LogP contribution in [-0.4, -0.2) is 124 Å². The van der Waals surface area contributed by atoms with Crippen molar-refractivity contribution >= 4 is 23.4 Å². The molecule has 1 aromatic rings. The predicted molar refractivity (Wildman–Crippen MR) is 230 cm³/mol. The SMILES string of the molecule is CC[C@@H]1/C=C(\C)C[C@H](C)C[C@H](OC)[C@H]2O[C@@](O)(C(=O)C(=O)N3CCCC[C@H]3C(=O)O[C@H](/C(C)=C/[C@@H]3CC[C@@H](Oc4ccc(O)cc4)[C@H](O)C3)[C@H](C)[C@@H](O)CC1=O)[C@H](C)C[C@@H]2OC. The minimum Gasteiger partial charge on any atom is -0.508 e. The summed E-state index contributed by atoms with van der Waals surface area (Å²) in [5.74, 6) is -7.22. The number of benzene rings is 1. The molecule has 0 radical (unpaired) electrons. The molecule has 1 saturated carbocycles. The van der Waals surface area contributed by atoms with E-state index in [0.29, 0.717) is 62.7 Å². The molecule has 14 heteroatoms. The second kappa shape index (κ2) is 21.8. The zero-order valence-electron chi connectivity index (χ0n) is 37.9. The number of nitrogens with zero attached hydrogens (tertiary/aromatic N) is 1. The maximum Gasteiger partial charge on any atom is 0.329 e. The second-order valence-electron chi connectivity index (χ2n) is 18.5. The van der Waals surface area contributed by atoms with Gasteiger partial charge in [-0.15, -0.1) is 0 Å². The number of esters is 1. The second-order valence-corrected chi connectivity index (χ2v) is 18.5. The summed E-state index contributed by atoms with van der Waals surface area (Å²) in [7, 11) is 3.05. The Bertz CT molecular complexity index is 1760. The first-order valence-corrected chi connectivity index (χ1v) is 22.6. The zero-order chi connectivity index (χ0) is 45.5. The van der Waals surface area contributed by atoms with Crippen molar-refractivity contribution in [2.45, 2.75) is 167 Å². The van der Waals surface area contributed by atoms with E-state index in [0.717, 1.165) is 5.57 Å². The number of ether oxygens (including phenoxy) is 5. The number of rotatable bonds is 7. The summed E-state index contributed by atoms with van der Waals surface area (Å²) >= 11 is 0. The topological polar surface area (TPSA) is 199 Å². The molecule has 2 bridgehead atoms. The fraction of sp³-hybridized carbons (Fsp3) is 0.708. The average molecular weight is 870 g/mol. The number of cyclic esters (lactones) is 1. The number of hydrogen-bond acceptors (Lipinski definition) is 13. The highest BCUT2D eigenvalue weighted by Gasteiger charge is 2.56. The number of allylic oxidation sites excluding steroid dienone is 3. The number of carbonyl (C=O) groups is 4. The number of aliphatic hydroxyl groups excluding tert-OH is 2. The lowest BCUT2D eigenvalue weighted by Gasteiger charge is -2.47. The van der Waals surface area contributed by atoms with E-state index in [1.807, 2.05) is 32.9 Å². The number of Topliss-reactive ketones (excluding diaryl/α,β-unsaturated/α-hetero) is 2. The molecule has 14 nitrogen and oxygen atoms in total. The summed E-state index contributed by atoms with van der Waals surface area (Å²) in [5, 5.41) is 44.6. The van der Waals surface area contributed by atoms with Crippen LogP contribution in [-0.2, 0) is 38.1 Å². The lowest BCUT2D eigenvalue weighted by Crippen LogP contribution is -2.64. The van der Waals surface area contributed by atoms with Gasteiger partial charge in [0.2, 0.25) is 5.79 Å². The average Bonchev–Trinajstić information content (AvgIpc) is 3.24. The largest absolute Gasteiger partial charge is 0.508 e. The third-order valence-corrected chi connectivity index (χ3v) is 13.7. The zero-order valence-corrected chi connectivity index (χ0v) is 37.9. The number of carbonyl (C=O) groups excluding carboxylic acids is 4. The summed E-state index contributed by atoms with van der Waals surface area (Å²) < 4.78 is 30.3. The number of phenolic OH excluding ortho intramolecular Hbond substituents is 1. The molecule has 346 valence electrons. The van der Waals surface area contributed by atoms with E-state index in [2.05, 4.69) is 0 Å². The Hall–Kier alpha value is -3.66. The van der Waals surface area contributed by atoms with Gasteiger partial charge >= 0.3 is 5.97 Å². The standard InChI is InChI=1S/C48H71NO13/c1-9-33-21-27(2)20-28(3)22-41(58-7)44-42(59-8)24-30(5)48(57,62-44)45(54)46(55)49-19-11-10-12-36(49)47(56)61-43(31(6)37(51)26-38(33)52)29(4)23-32-13-18-40(39(53)25-32)60-35-16-14-34(50)15-17-35/h14-17,21,23,28,30-33,36-37,39-44,50-51,53,57H,9-13,18-20,22,24-26H2,1-8H3/b27-21+,29-23+/t28-,30+,31+,32-,33+,36-,37-,39+,40+,41-,42-,43+,44+,48+/m0/s1. The van der Waals surface area contributed by atoms with Gasteiger partial charge in [-0.05, 0) is 120 Å². The molecule has 3 fully saturated rings. The van der Waals surface area contributed by atoms with Crippen LogP contribution >= 0.6 is 0 Å². The number of phenols is 1. The van der Waals surface area contributed by atoms with Crippen molar-refractivity contribution in [3.05, 3.63) is 47.6 Å². The summed E-state index contributed by atoms with van der Waals surface area (Å²) in [6.07, 6.45) is 2.73. The van der Waals surface area contributed by atoms with E-state index in [1.165, 1.54) is 31.3 Å². The molecule has 0 aromatic heterocycles. The van der Waals surface area contributed by atoms with Gasteiger partial charge in [0.1, 0.15) is 41.6 Å². The van der Waals surface area contributed by atoms with Gasteiger partial charge in [-0.25, -0.2) is 4.79 Å². The number of ketones is 2. The molecular weight excluding hydrogens is 799 g/mol. The monoisotopic (exact) mass is 869 g/mol. The van der Waals surface area contributed by atoms with Gasteiger partial charge in [0.25, 0.3) is 11.7 Å². The van der Waals surface area contributed by atoms with Gasteiger partial charge in [-0.1, -0.05) is 45.4 Å². The van der Waals surface area contributed by atoms with Crippen molar-refractivity contribution in [1.82, 2.24) is 4.90 Å². The van der Waals surface area contributed by atoms with E-state index in [9.17, 15) is 39.6 Å². The Labute approximate surface area is 367 Å². The quantitative estimate of drug-likeness (QED) is 0.150. The van der Waals surface area contributed by atoms with Gasteiger partial charge in [0, 0.05) is 44.9 Å². The molecule has 1 aliphatic carbocycles. The first-order valence-electron chi connectivity index (χ1n) is 22.6. The Morgan fingerprint density at radius 2 is 1.58 bits per heavy atom. The van der Waals surface area contributed by atoms with Crippen LogP contribution in [0, 0.1) is 29.6 Å². The first kappa shape index (κ1) is 49.4. The minimum absolute atomic E-state index is 0.0187. The third kappa shape index (κ3) is 11.7. The van der Waals surface area contributed by atoms with E-state index in [1.54, 1.807) is 32.9 Å². The maximum absolute atomic E-state index is 14.4. The van der Waals surface area contributed by atoms with Gasteiger partial charge in [-0.2, -0.15) is 0 Å². The molecule has 1 amide bonds. The predicted octanol–water partition coefficient (Wildman–Crippen LogP) is 5.61. The fourth-order valence-electron chi connectivity index (χ4n) is 9.98. The number of fused-ring (bicyclic) bond motifs is 3. The van der Waals surface area contributed by atoms with Crippen LogP contribution < -0.4 is 4.74 Å². The van der Waals surface area contributed by atoms with Crippen LogP contribution in [0.4, 0.5) is 0 Å². The van der Waals surface area contributed by atoms with Crippen LogP contribution in [0.5, 0.6) is 11.5 Å². The van der Waals surface area contributed by atoms with Gasteiger partial charge in [-0.3, -0.25) is 14.4 Å². The van der Waals surface area contributed by atoms with Gasteiger partial charge < -0.3 is 49.0 Å². The first-order chi connectivity index (χ1) is 29.4. The number of aromatic hydroxyl groups is 1. The molecule has 2 saturated heterocycles. The summed E-state index contributed by atoms with van der Waals surface area (Å²) in [6.45, 7) is 11.1. The molecule has 5 rings (SSSR count). The number of methoxy groups -OCH3 is 2. The van der Waals surface area contributed by atoms with Crippen LogP contribution in [0.2, 0.25) is 0 Å². The third-order valence-electron chi connectivity index (χ3n) is 13.7. The van der Waals surface area contributed by atoms with Crippen LogP contribution in [0.25, 0.3) is 0 Å². The minimum atomic E-state index is -2.52. The lowest BCUT2D eigenvalue weighted by atomic mass is 9.81. The molecule has 3 aliphatic heterocycles. The summed E-state index contributed by atoms with van der Waals surface area (Å²) in [5.41, 5.74) is 1.59. The molecule has 1 aromatic carbocycles. The van der Waals surface area contributed by atoms with Crippen molar-refractivity contribution in [1.29, 1.82) is 0 Å². The van der Waals surface area contributed by atoms with E-state index < -0.39 is 90.0 Å². The smallest absolute Gasteiger partial charge is 0.329 e. The van der Waals surface area contributed by atoms with Crippen molar-refractivity contribution in [2.24, 2.45) is 29.6 Å². The highest BCUT2D eigenvalue weighted by molar-refractivity contribution is 6.39. The van der Waals surface area contributed by atoms with Crippen LogP contribution in [0.15, 0.2) is 47.6 Å². The van der Waals surface area contributed by atoms with Gasteiger partial charge in [0.15, 0.2) is 0 Å². The number of piperidine rings is 1. The highest BCUT2D eigenvalue weighted by Crippen LogP contribution is 2.39. The van der Waals surface area contributed by atoms with Crippen molar-refractivity contribution in [3.63, 3.8) is 0 Å². The number of aliphatic hydroxyl groups is 3. The number of amides is 1. The molecule has 4 aliphatic rings. The van der Waals surface area contributed by atoms with E-state index >= 15 is 0 Å². The Morgan fingerprint density at radius 3 is 2.23 bits per heavy atom. The molecule has 14 atom stereocenters. The molecule has 3 heterocycles. The summed E-state index contributed by atoms with van der Waals surface area (Å²) in [4.78, 5) is 58.0. The maximum atomic E-state index is 14.4. The van der Waals surface area contributed by atoms with Crippen molar-refractivity contribution in [2.75, 3.05) is 20.8 Å². The Kier molecular flexibility index (Phi) is 17.4. The summed E-state index contributed by atoms with van der Waals surface area (Å²) in [6, 6.07) is 5.15. The van der Waals surface area contributed by atoms with Crippen LogP contribution in [0.1, 0.15) is 112 Å².